The van der Waals surface area contributed by atoms with Crippen LogP contribution in [-0.4, -0.2) is 34.6 Å². The molecule has 0 saturated carbocycles. The van der Waals surface area contributed by atoms with Crippen LogP contribution >= 0.6 is 0 Å². The number of nitrogen functional groups attached to an aromatic ring is 1. The normalized spacial score (nSPS) is 11.5. The standard InChI is InChI=1S/C57H114N6/c1-4-7-10-13-16-19-22-25-28-31-34-37-40-43-46-49-52-59-56-60-55(58)61-57(62-56)63(53-50-47-44-41-38-35-32-29-26-23-20-17-14-11-8-5-2)54-51-48-45-42-39-36-33-30-27-24-21-18-15-12-9-6-3/h4-54H2,1-3H3,(H3,58,59,60,61,62). The highest BCUT2D eigenvalue weighted by molar-refractivity contribution is 5.41. The molecule has 1 heterocycles. The third-order valence-electron chi connectivity index (χ3n) is 13.8. The minimum absolute atomic E-state index is 0.346. The van der Waals surface area contributed by atoms with Crippen molar-refractivity contribution in [2.45, 2.75) is 329 Å². The van der Waals surface area contributed by atoms with E-state index in [1.165, 1.54) is 302 Å². The number of anilines is 3. The number of unbranched alkanes of at least 4 members (excludes halogenated alkanes) is 45. The molecule has 372 valence electrons. The molecule has 0 bridgehead atoms. The second-order valence-corrected chi connectivity index (χ2v) is 20.1. The quantitative estimate of drug-likeness (QED) is 0.0635. The van der Waals surface area contributed by atoms with Crippen molar-refractivity contribution in [1.29, 1.82) is 0 Å². The average Bonchev–Trinajstić information content (AvgIpc) is 3.28. The zero-order chi connectivity index (χ0) is 45.2. The van der Waals surface area contributed by atoms with Gasteiger partial charge in [0.05, 0.1) is 0 Å². The van der Waals surface area contributed by atoms with Crippen molar-refractivity contribution in [3.8, 4) is 0 Å². The molecule has 63 heavy (non-hydrogen) atoms. The second kappa shape index (κ2) is 49.8. The van der Waals surface area contributed by atoms with Gasteiger partial charge in [-0.2, -0.15) is 15.0 Å². The molecule has 1 aromatic heterocycles. The highest BCUT2D eigenvalue weighted by Crippen LogP contribution is 2.20. The summed E-state index contributed by atoms with van der Waals surface area (Å²) in [6.45, 7) is 9.85. The van der Waals surface area contributed by atoms with Crippen LogP contribution in [0.25, 0.3) is 0 Å². The van der Waals surface area contributed by atoms with E-state index in [1.54, 1.807) is 0 Å². The minimum atomic E-state index is 0.346. The molecule has 0 atom stereocenters. The molecular weight excluding hydrogens is 769 g/mol. The fourth-order valence-corrected chi connectivity index (χ4v) is 9.49. The number of nitrogens with zero attached hydrogens (tertiary/aromatic N) is 4. The van der Waals surface area contributed by atoms with E-state index in [-0.39, 0.29) is 0 Å². The van der Waals surface area contributed by atoms with E-state index in [9.17, 15) is 0 Å². The van der Waals surface area contributed by atoms with Crippen LogP contribution in [0.2, 0.25) is 0 Å². The Morgan fingerprint density at radius 3 is 0.810 bits per heavy atom. The highest BCUT2D eigenvalue weighted by Gasteiger charge is 2.13. The zero-order valence-corrected chi connectivity index (χ0v) is 43.4. The summed E-state index contributed by atoms with van der Waals surface area (Å²) in [5.41, 5.74) is 6.32. The summed E-state index contributed by atoms with van der Waals surface area (Å²) in [5, 5.41) is 3.51. The largest absolute Gasteiger partial charge is 0.368 e. The van der Waals surface area contributed by atoms with Gasteiger partial charge in [-0.3, -0.25) is 0 Å². The number of aromatic nitrogens is 3. The first-order valence-corrected chi connectivity index (χ1v) is 29.2. The maximum atomic E-state index is 6.32. The lowest BCUT2D eigenvalue weighted by Gasteiger charge is -2.23. The van der Waals surface area contributed by atoms with Crippen molar-refractivity contribution in [2.75, 3.05) is 35.6 Å². The van der Waals surface area contributed by atoms with Crippen molar-refractivity contribution in [3.05, 3.63) is 0 Å². The molecule has 1 aromatic rings. The third kappa shape index (κ3) is 42.8. The van der Waals surface area contributed by atoms with Gasteiger partial charge in [-0.15, -0.1) is 0 Å². The van der Waals surface area contributed by atoms with Gasteiger partial charge in [0.1, 0.15) is 0 Å². The van der Waals surface area contributed by atoms with E-state index in [0.29, 0.717) is 11.9 Å². The Morgan fingerprint density at radius 2 is 0.540 bits per heavy atom. The van der Waals surface area contributed by atoms with Crippen molar-refractivity contribution >= 4 is 17.8 Å². The third-order valence-corrected chi connectivity index (χ3v) is 13.8. The maximum absolute atomic E-state index is 6.32. The second-order valence-electron chi connectivity index (χ2n) is 20.1. The van der Waals surface area contributed by atoms with Crippen LogP contribution in [0.15, 0.2) is 0 Å². The molecule has 1 rings (SSSR count). The van der Waals surface area contributed by atoms with Gasteiger partial charge in [0.2, 0.25) is 17.8 Å². The summed E-state index contributed by atoms with van der Waals surface area (Å²) in [6, 6.07) is 0. The first kappa shape index (κ1) is 59.4. The molecule has 0 amide bonds. The molecule has 0 radical (unpaired) electrons. The molecule has 0 saturated heterocycles. The predicted octanol–water partition coefficient (Wildman–Crippen LogP) is 19.5. The van der Waals surface area contributed by atoms with Gasteiger partial charge in [0, 0.05) is 19.6 Å². The molecule has 6 nitrogen and oxygen atoms in total. The zero-order valence-electron chi connectivity index (χ0n) is 43.4. The van der Waals surface area contributed by atoms with Crippen LogP contribution in [0.5, 0.6) is 0 Å². The van der Waals surface area contributed by atoms with Crippen LogP contribution in [0, 0.1) is 0 Å². The van der Waals surface area contributed by atoms with Gasteiger partial charge in [0.25, 0.3) is 0 Å². The van der Waals surface area contributed by atoms with Crippen molar-refractivity contribution in [2.24, 2.45) is 0 Å². The summed E-state index contributed by atoms with van der Waals surface area (Å²) in [4.78, 5) is 16.6. The Morgan fingerprint density at radius 1 is 0.302 bits per heavy atom. The number of hydrogen-bond donors (Lipinski definition) is 2. The first-order chi connectivity index (χ1) is 31.2. The fourth-order valence-electron chi connectivity index (χ4n) is 9.49. The number of nitrogens with two attached hydrogens (primary N) is 1. The fraction of sp³-hybridized carbons (Fsp3) is 0.947. The maximum Gasteiger partial charge on any atom is 0.231 e. The summed E-state index contributed by atoms with van der Waals surface area (Å²) >= 11 is 0. The lowest BCUT2D eigenvalue weighted by molar-refractivity contribution is 0.523. The summed E-state index contributed by atoms with van der Waals surface area (Å²) in [5.74, 6) is 1.78. The van der Waals surface area contributed by atoms with Gasteiger partial charge >= 0.3 is 0 Å². The van der Waals surface area contributed by atoms with E-state index in [0.717, 1.165) is 32.0 Å². The molecule has 0 aliphatic rings. The van der Waals surface area contributed by atoms with E-state index in [1.807, 2.05) is 0 Å². The van der Waals surface area contributed by atoms with Gasteiger partial charge < -0.3 is 16.0 Å². The molecule has 0 aromatic carbocycles. The lowest BCUT2D eigenvalue weighted by Crippen LogP contribution is -2.28. The SMILES string of the molecule is CCCCCCCCCCCCCCCCCCNc1nc(N)nc(N(CCCCCCCCCCCCCCCCCC)CCCCCCCCCCCCCCCCCC)n1. The van der Waals surface area contributed by atoms with Crippen LogP contribution in [0.1, 0.15) is 329 Å². The van der Waals surface area contributed by atoms with Crippen molar-refractivity contribution in [1.82, 2.24) is 15.0 Å². The Bertz CT molecular complexity index is 982. The lowest BCUT2D eigenvalue weighted by atomic mass is 10.0. The topological polar surface area (TPSA) is 80.0 Å². The van der Waals surface area contributed by atoms with E-state index < -0.39 is 0 Å². The Labute approximate surface area is 395 Å². The van der Waals surface area contributed by atoms with Gasteiger partial charge in [0.15, 0.2) is 0 Å². The monoisotopic (exact) mass is 883 g/mol. The van der Waals surface area contributed by atoms with Crippen LogP contribution in [0.4, 0.5) is 17.8 Å². The predicted molar refractivity (Wildman–Crippen MR) is 284 cm³/mol. The Kier molecular flexibility index (Phi) is 47.0. The van der Waals surface area contributed by atoms with E-state index >= 15 is 0 Å². The molecule has 0 fully saturated rings. The molecule has 6 heteroatoms. The Balaban J connectivity index is 2.34. The molecular formula is C57H114N6. The smallest absolute Gasteiger partial charge is 0.231 e. The number of nitrogens with one attached hydrogen (secondary N) is 1. The van der Waals surface area contributed by atoms with Crippen molar-refractivity contribution < 1.29 is 0 Å². The minimum Gasteiger partial charge on any atom is -0.368 e. The van der Waals surface area contributed by atoms with E-state index in [4.69, 9.17) is 10.7 Å². The summed E-state index contributed by atoms with van der Waals surface area (Å²) < 4.78 is 0. The molecule has 0 unspecified atom stereocenters. The molecule has 0 aliphatic carbocycles. The van der Waals surface area contributed by atoms with Crippen molar-refractivity contribution in [3.63, 3.8) is 0 Å². The average molecular weight is 884 g/mol. The van der Waals surface area contributed by atoms with Gasteiger partial charge in [-0.1, -0.05) is 310 Å². The summed E-state index contributed by atoms with van der Waals surface area (Å²) in [6.07, 6.45) is 67.0. The van der Waals surface area contributed by atoms with Crippen LogP contribution < -0.4 is 16.0 Å². The van der Waals surface area contributed by atoms with E-state index in [2.05, 4.69) is 41.0 Å². The molecule has 0 aliphatic heterocycles. The Hall–Kier alpha value is -1.59. The first-order valence-electron chi connectivity index (χ1n) is 29.2. The van der Waals surface area contributed by atoms with Crippen LogP contribution in [0.3, 0.4) is 0 Å². The molecule has 0 spiro atoms. The van der Waals surface area contributed by atoms with Crippen LogP contribution in [-0.2, 0) is 0 Å². The molecule has 3 N–H and O–H groups in total. The highest BCUT2D eigenvalue weighted by atomic mass is 15.3. The van der Waals surface area contributed by atoms with Gasteiger partial charge in [-0.05, 0) is 19.3 Å². The van der Waals surface area contributed by atoms with Gasteiger partial charge in [-0.25, -0.2) is 0 Å². The number of rotatable bonds is 53. The summed E-state index contributed by atoms with van der Waals surface area (Å²) in [7, 11) is 0. The number of hydrogen-bond acceptors (Lipinski definition) is 6.